The molecular weight excluding hydrogens is 388 g/mol. The molecule has 1 unspecified atom stereocenters. The van der Waals surface area contributed by atoms with Gasteiger partial charge in [0.05, 0.1) is 17.8 Å². The maximum Gasteiger partial charge on any atom is 0.138 e. The smallest absolute Gasteiger partial charge is 0.138 e. The average Bonchev–Trinajstić information content (AvgIpc) is 3.21. The number of aliphatic hydroxyl groups excluding tert-OH is 1. The summed E-state index contributed by atoms with van der Waals surface area (Å²) in [6.45, 7) is 1.90. The van der Waals surface area contributed by atoms with Gasteiger partial charge in [0.15, 0.2) is 0 Å². The molecule has 29 heavy (non-hydrogen) atoms. The molecule has 0 spiro atoms. The van der Waals surface area contributed by atoms with Gasteiger partial charge in [-0.1, -0.05) is 35.9 Å². The van der Waals surface area contributed by atoms with E-state index in [0.717, 1.165) is 11.4 Å². The quantitative estimate of drug-likeness (QED) is 0.531. The van der Waals surface area contributed by atoms with Gasteiger partial charge in [-0.15, -0.1) is 0 Å². The Hall–Kier alpha value is -2.47. The molecule has 0 radical (unpaired) electrons. The van der Waals surface area contributed by atoms with E-state index in [9.17, 15) is 5.11 Å². The molecule has 1 N–H and O–H groups in total. The van der Waals surface area contributed by atoms with Crippen molar-refractivity contribution < 1.29 is 14.3 Å². The van der Waals surface area contributed by atoms with Gasteiger partial charge in [0, 0.05) is 32.9 Å². The molecule has 1 aromatic heterocycles. The summed E-state index contributed by atoms with van der Waals surface area (Å²) in [5.41, 5.74) is 2.32. The molecule has 3 aromatic rings. The SMILES string of the molecule is CN(C)c1ccc(CN(Cc2ccco2)CC(O)COc2ccccc2Cl)cc1. The zero-order valence-corrected chi connectivity index (χ0v) is 17.5. The van der Waals surface area contributed by atoms with Crippen LogP contribution in [0.5, 0.6) is 5.75 Å². The lowest BCUT2D eigenvalue weighted by Crippen LogP contribution is -2.35. The fourth-order valence-corrected chi connectivity index (χ4v) is 3.25. The van der Waals surface area contributed by atoms with Crippen LogP contribution in [0.25, 0.3) is 0 Å². The standard InChI is InChI=1S/C23H27ClN2O3/c1-25(2)19-11-9-18(10-12-19)14-26(16-21-6-5-13-28-21)15-20(27)17-29-23-8-4-3-7-22(23)24/h3-13,20,27H,14-17H2,1-2H3. The number of ether oxygens (including phenoxy) is 1. The van der Waals surface area contributed by atoms with E-state index in [1.807, 2.05) is 38.4 Å². The second-order valence-electron chi connectivity index (χ2n) is 7.21. The molecule has 0 aliphatic heterocycles. The third-order valence-corrected chi connectivity index (χ3v) is 4.87. The number of nitrogens with zero attached hydrogens (tertiary/aromatic N) is 2. The second kappa shape index (κ2) is 10.3. The Morgan fingerprint density at radius 2 is 1.76 bits per heavy atom. The van der Waals surface area contributed by atoms with Crippen LogP contribution in [0.4, 0.5) is 5.69 Å². The summed E-state index contributed by atoms with van der Waals surface area (Å²) >= 11 is 6.12. The van der Waals surface area contributed by atoms with Crippen molar-refractivity contribution in [2.75, 3.05) is 32.1 Å². The maximum absolute atomic E-state index is 10.5. The monoisotopic (exact) mass is 414 g/mol. The summed E-state index contributed by atoms with van der Waals surface area (Å²) in [5.74, 6) is 1.43. The van der Waals surface area contributed by atoms with Crippen LogP contribution in [0.15, 0.2) is 71.3 Å². The minimum atomic E-state index is -0.665. The molecule has 0 aliphatic rings. The topological polar surface area (TPSA) is 49.1 Å². The molecule has 6 heteroatoms. The van der Waals surface area contributed by atoms with Crippen molar-refractivity contribution in [2.45, 2.75) is 19.2 Å². The zero-order chi connectivity index (χ0) is 20.6. The van der Waals surface area contributed by atoms with E-state index in [-0.39, 0.29) is 6.61 Å². The number of para-hydroxylation sites is 1. The molecule has 1 heterocycles. The lowest BCUT2D eigenvalue weighted by atomic mass is 10.1. The van der Waals surface area contributed by atoms with Crippen molar-refractivity contribution in [3.05, 3.63) is 83.3 Å². The number of benzene rings is 2. The first-order valence-corrected chi connectivity index (χ1v) is 9.95. The molecule has 1 atom stereocenters. The third-order valence-electron chi connectivity index (χ3n) is 4.56. The Morgan fingerprint density at radius 3 is 2.41 bits per heavy atom. The lowest BCUT2D eigenvalue weighted by Gasteiger charge is -2.25. The molecule has 2 aromatic carbocycles. The predicted octanol–water partition coefficient (Wildman–Crippen LogP) is 4.44. The number of furan rings is 1. The zero-order valence-electron chi connectivity index (χ0n) is 16.8. The van der Waals surface area contributed by atoms with Crippen LogP contribution >= 0.6 is 11.6 Å². The first-order chi connectivity index (χ1) is 14.0. The van der Waals surface area contributed by atoms with E-state index in [4.69, 9.17) is 20.8 Å². The first-order valence-electron chi connectivity index (χ1n) is 9.57. The maximum atomic E-state index is 10.5. The molecule has 0 saturated carbocycles. The Morgan fingerprint density at radius 1 is 1.00 bits per heavy atom. The van der Waals surface area contributed by atoms with Crippen molar-refractivity contribution in [3.8, 4) is 5.75 Å². The molecule has 5 nitrogen and oxygen atoms in total. The number of halogens is 1. The lowest BCUT2D eigenvalue weighted by molar-refractivity contribution is 0.0605. The van der Waals surface area contributed by atoms with E-state index >= 15 is 0 Å². The highest BCUT2D eigenvalue weighted by Gasteiger charge is 2.16. The summed E-state index contributed by atoms with van der Waals surface area (Å²) in [7, 11) is 4.04. The van der Waals surface area contributed by atoms with Crippen molar-refractivity contribution in [3.63, 3.8) is 0 Å². The first kappa shape index (κ1) is 21.2. The van der Waals surface area contributed by atoms with Crippen LogP contribution in [0.3, 0.4) is 0 Å². The Labute approximate surface area is 177 Å². The number of aliphatic hydroxyl groups is 1. The highest BCUT2D eigenvalue weighted by atomic mass is 35.5. The number of hydrogen-bond acceptors (Lipinski definition) is 5. The van der Waals surface area contributed by atoms with Gasteiger partial charge in [-0.2, -0.15) is 0 Å². The van der Waals surface area contributed by atoms with Crippen molar-refractivity contribution >= 4 is 17.3 Å². The van der Waals surface area contributed by atoms with E-state index < -0.39 is 6.10 Å². The number of anilines is 1. The second-order valence-corrected chi connectivity index (χ2v) is 7.61. The van der Waals surface area contributed by atoms with Crippen LogP contribution in [-0.2, 0) is 13.1 Å². The van der Waals surface area contributed by atoms with E-state index in [1.54, 1.807) is 18.4 Å². The molecule has 0 amide bonds. The third kappa shape index (κ3) is 6.53. The van der Waals surface area contributed by atoms with Gasteiger partial charge in [0.1, 0.15) is 24.2 Å². The van der Waals surface area contributed by atoms with Gasteiger partial charge in [-0.05, 0) is 42.0 Å². The molecule has 0 aliphatic carbocycles. The summed E-state index contributed by atoms with van der Waals surface area (Å²) in [6.07, 6.45) is 0.998. The van der Waals surface area contributed by atoms with Gasteiger partial charge >= 0.3 is 0 Å². The Kier molecular flexibility index (Phi) is 7.58. The van der Waals surface area contributed by atoms with Crippen LogP contribution in [0, 0.1) is 0 Å². The molecule has 154 valence electrons. The van der Waals surface area contributed by atoms with Gasteiger partial charge in [-0.25, -0.2) is 0 Å². The molecule has 0 saturated heterocycles. The molecule has 0 fully saturated rings. The molecule has 0 bridgehead atoms. The minimum Gasteiger partial charge on any atom is -0.489 e. The molecule has 3 rings (SSSR count). The van der Waals surface area contributed by atoms with Crippen molar-refractivity contribution in [1.82, 2.24) is 4.90 Å². The van der Waals surface area contributed by atoms with Crippen LogP contribution in [0.1, 0.15) is 11.3 Å². The summed E-state index contributed by atoms with van der Waals surface area (Å²) in [4.78, 5) is 4.21. The van der Waals surface area contributed by atoms with Crippen LogP contribution in [0.2, 0.25) is 5.02 Å². The van der Waals surface area contributed by atoms with Crippen molar-refractivity contribution in [2.24, 2.45) is 0 Å². The minimum absolute atomic E-state index is 0.165. The number of rotatable bonds is 10. The van der Waals surface area contributed by atoms with E-state index in [1.165, 1.54) is 5.56 Å². The van der Waals surface area contributed by atoms with Crippen LogP contribution in [-0.4, -0.2) is 43.4 Å². The van der Waals surface area contributed by atoms with E-state index in [2.05, 4.69) is 34.1 Å². The predicted molar refractivity (Wildman–Crippen MR) is 117 cm³/mol. The fourth-order valence-electron chi connectivity index (χ4n) is 3.06. The highest BCUT2D eigenvalue weighted by Crippen LogP contribution is 2.23. The largest absolute Gasteiger partial charge is 0.489 e. The van der Waals surface area contributed by atoms with Gasteiger partial charge in [-0.3, -0.25) is 4.90 Å². The van der Waals surface area contributed by atoms with Gasteiger partial charge < -0.3 is 19.2 Å². The summed E-state index contributed by atoms with van der Waals surface area (Å²) in [6, 6.07) is 19.5. The highest BCUT2D eigenvalue weighted by molar-refractivity contribution is 6.32. The fraction of sp³-hybridized carbons (Fsp3) is 0.304. The normalized spacial score (nSPS) is 12.2. The summed E-state index contributed by atoms with van der Waals surface area (Å²) < 4.78 is 11.2. The Bertz CT molecular complexity index is 866. The van der Waals surface area contributed by atoms with E-state index in [0.29, 0.717) is 30.4 Å². The van der Waals surface area contributed by atoms with Gasteiger partial charge in [0.2, 0.25) is 0 Å². The van der Waals surface area contributed by atoms with Crippen molar-refractivity contribution in [1.29, 1.82) is 0 Å². The van der Waals surface area contributed by atoms with Crippen LogP contribution < -0.4 is 9.64 Å². The number of hydrogen-bond donors (Lipinski definition) is 1. The summed E-state index contributed by atoms with van der Waals surface area (Å²) in [5, 5.41) is 11.1. The van der Waals surface area contributed by atoms with Gasteiger partial charge in [0.25, 0.3) is 0 Å². The Balaban J connectivity index is 1.62. The average molecular weight is 415 g/mol. The molecular formula is C23H27ClN2O3.